The van der Waals surface area contributed by atoms with Crippen LogP contribution in [-0.2, 0) is 17.4 Å². The summed E-state index contributed by atoms with van der Waals surface area (Å²) in [5, 5.41) is 6.28. The minimum Gasteiger partial charge on any atom is -0.335 e. The van der Waals surface area contributed by atoms with Crippen molar-refractivity contribution in [3.63, 3.8) is 0 Å². The number of nitrogen functional groups attached to an aromatic ring is 1. The molecule has 0 fully saturated rings. The molecular formula is C14H14F3N5OS. The molecule has 24 heavy (non-hydrogen) atoms. The molecule has 1 atom stereocenters. The van der Waals surface area contributed by atoms with Gasteiger partial charge in [0.2, 0.25) is 11.1 Å². The van der Waals surface area contributed by atoms with Crippen LogP contribution < -0.4 is 10.7 Å². The van der Waals surface area contributed by atoms with E-state index >= 15 is 0 Å². The molecule has 3 rings (SSSR count). The molecule has 1 amide bonds. The second-order valence-electron chi connectivity index (χ2n) is 5.41. The minimum atomic E-state index is -4.69. The molecule has 2 heterocycles. The first-order chi connectivity index (χ1) is 11.3. The van der Waals surface area contributed by atoms with Gasteiger partial charge in [-0.25, -0.2) is 4.68 Å². The summed E-state index contributed by atoms with van der Waals surface area (Å²) in [5.74, 6) is 3.77. The van der Waals surface area contributed by atoms with Crippen LogP contribution in [-0.4, -0.2) is 32.6 Å². The molecule has 0 saturated carbocycles. The Bertz CT molecular complexity index is 776. The zero-order chi connectivity index (χ0) is 17.5. The van der Waals surface area contributed by atoms with Crippen LogP contribution in [0.15, 0.2) is 29.4 Å². The monoisotopic (exact) mass is 357 g/mol. The van der Waals surface area contributed by atoms with E-state index in [0.29, 0.717) is 4.68 Å². The number of amides is 1. The zero-order valence-corrected chi connectivity index (χ0v) is 13.4. The highest BCUT2D eigenvalue weighted by molar-refractivity contribution is 7.99. The van der Waals surface area contributed by atoms with Gasteiger partial charge in [0.25, 0.3) is 5.82 Å². The first kappa shape index (κ1) is 16.6. The Balaban J connectivity index is 1.72. The van der Waals surface area contributed by atoms with E-state index in [4.69, 9.17) is 5.84 Å². The van der Waals surface area contributed by atoms with Crippen LogP contribution in [0.2, 0.25) is 0 Å². The van der Waals surface area contributed by atoms with Gasteiger partial charge in [-0.1, -0.05) is 30.0 Å². The molecule has 0 unspecified atom stereocenters. The van der Waals surface area contributed by atoms with Gasteiger partial charge >= 0.3 is 6.18 Å². The van der Waals surface area contributed by atoms with E-state index in [0.717, 1.165) is 29.4 Å². The number of para-hydroxylation sites is 1. The van der Waals surface area contributed by atoms with Crippen molar-refractivity contribution in [3.8, 4) is 0 Å². The number of hydrogen-bond acceptors (Lipinski definition) is 5. The number of hydrogen-bond donors (Lipinski definition) is 1. The summed E-state index contributed by atoms with van der Waals surface area (Å²) in [6.07, 6.45) is -3.94. The summed E-state index contributed by atoms with van der Waals surface area (Å²) < 4.78 is 38.3. The number of benzene rings is 1. The summed E-state index contributed by atoms with van der Waals surface area (Å²) in [6.45, 7) is 1.93. The van der Waals surface area contributed by atoms with E-state index in [9.17, 15) is 18.0 Å². The van der Waals surface area contributed by atoms with Crippen molar-refractivity contribution in [2.75, 3.05) is 16.5 Å². The lowest BCUT2D eigenvalue weighted by atomic mass is 10.1. The molecule has 1 aromatic carbocycles. The lowest BCUT2D eigenvalue weighted by Gasteiger charge is -2.22. The van der Waals surface area contributed by atoms with Gasteiger partial charge in [-0.3, -0.25) is 4.79 Å². The van der Waals surface area contributed by atoms with Gasteiger partial charge in [-0.05, 0) is 25.0 Å². The number of rotatable bonds is 3. The number of anilines is 1. The zero-order valence-electron chi connectivity index (χ0n) is 12.6. The summed E-state index contributed by atoms with van der Waals surface area (Å²) in [5.41, 5.74) is 1.91. The fourth-order valence-corrected chi connectivity index (χ4v) is 3.43. The van der Waals surface area contributed by atoms with Crippen molar-refractivity contribution >= 4 is 23.4 Å². The maximum absolute atomic E-state index is 12.6. The maximum atomic E-state index is 12.6. The number of carbonyl (C=O) groups excluding carboxylic acids is 1. The molecule has 10 heteroatoms. The Morgan fingerprint density at radius 1 is 1.38 bits per heavy atom. The Labute approximate surface area is 139 Å². The van der Waals surface area contributed by atoms with E-state index in [1.54, 1.807) is 4.90 Å². The number of fused-ring (bicyclic) bond motifs is 1. The van der Waals surface area contributed by atoms with Gasteiger partial charge in [0.15, 0.2) is 0 Å². The Hall–Kier alpha value is -2.23. The van der Waals surface area contributed by atoms with Crippen molar-refractivity contribution in [2.24, 2.45) is 0 Å². The first-order valence-corrected chi connectivity index (χ1v) is 8.08. The molecule has 0 saturated heterocycles. The lowest BCUT2D eigenvalue weighted by molar-refractivity contribution is -0.146. The average Bonchev–Trinajstić information content (AvgIpc) is 3.03. The van der Waals surface area contributed by atoms with Gasteiger partial charge in [0.05, 0.1) is 5.75 Å². The molecule has 0 aliphatic carbocycles. The van der Waals surface area contributed by atoms with Crippen molar-refractivity contribution in [1.82, 2.24) is 14.9 Å². The number of nitrogens with two attached hydrogens (primary N) is 1. The topological polar surface area (TPSA) is 77.0 Å². The lowest BCUT2D eigenvalue weighted by Crippen LogP contribution is -2.37. The van der Waals surface area contributed by atoms with E-state index < -0.39 is 12.0 Å². The molecule has 1 aliphatic heterocycles. The quantitative estimate of drug-likeness (QED) is 0.672. The fraction of sp³-hybridized carbons (Fsp3) is 0.357. The Kier molecular flexibility index (Phi) is 4.16. The van der Waals surface area contributed by atoms with E-state index in [1.807, 2.05) is 31.2 Å². The van der Waals surface area contributed by atoms with Crippen molar-refractivity contribution < 1.29 is 18.0 Å². The normalized spacial score (nSPS) is 17.2. The second kappa shape index (κ2) is 6.00. The van der Waals surface area contributed by atoms with Crippen LogP contribution in [0.4, 0.5) is 18.9 Å². The highest BCUT2D eigenvalue weighted by atomic mass is 32.2. The molecule has 1 aromatic heterocycles. The maximum Gasteiger partial charge on any atom is 0.453 e. The molecule has 0 spiro atoms. The third kappa shape index (κ3) is 2.93. The van der Waals surface area contributed by atoms with Crippen LogP contribution >= 0.6 is 11.8 Å². The number of alkyl halides is 3. The molecular weight excluding hydrogens is 343 g/mol. The molecule has 2 aromatic rings. The average molecular weight is 357 g/mol. The Morgan fingerprint density at radius 2 is 2.08 bits per heavy atom. The summed E-state index contributed by atoms with van der Waals surface area (Å²) in [6, 6.07) is 7.56. The molecule has 2 N–H and O–H groups in total. The van der Waals surface area contributed by atoms with Gasteiger partial charge in [0.1, 0.15) is 0 Å². The van der Waals surface area contributed by atoms with Crippen molar-refractivity contribution in [2.45, 2.75) is 30.7 Å². The molecule has 1 aliphatic rings. The van der Waals surface area contributed by atoms with Crippen molar-refractivity contribution in [1.29, 1.82) is 0 Å². The van der Waals surface area contributed by atoms with Gasteiger partial charge in [-0.15, -0.1) is 10.2 Å². The molecule has 128 valence electrons. The van der Waals surface area contributed by atoms with Crippen LogP contribution in [0.3, 0.4) is 0 Å². The van der Waals surface area contributed by atoms with Crippen molar-refractivity contribution in [3.05, 3.63) is 35.7 Å². The number of nitrogens with zero attached hydrogens (tertiary/aromatic N) is 4. The van der Waals surface area contributed by atoms with E-state index in [1.165, 1.54) is 0 Å². The van der Waals surface area contributed by atoms with Crippen LogP contribution in [0.5, 0.6) is 0 Å². The SMILES string of the molecule is C[C@@H]1Cc2ccccc2N1C(=O)CSc1nnc(C(F)(F)F)n1N. The third-order valence-electron chi connectivity index (χ3n) is 3.72. The smallest absolute Gasteiger partial charge is 0.335 e. The molecule has 0 bridgehead atoms. The number of thioether (sulfide) groups is 1. The Morgan fingerprint density at radius 3 is 2.75 bits per heavy atom. The van der Waals surface area contributed by atoms with Gasteiger partial charge < -0.3 is 10.7 Å². The number of carbonyl (C=O) groups is 1. The van der Waals surface area contributed by atoms with Crippen LogP contribution in [0.25, 0.3) is 0 Å². The minimum absolute atomic E-state index is 0.00279. The number of halogens is 3. The highest BCUT2D eigenvalue weighted by Gasteiger charge is 2.38. The van der Waals surface area contributed by atoms with Gasteiger partial charge in [0, 0.05) is 11.7 Å². The molecule has 0 radical (unpaired) electrons. The number of aromatic nitrogens is 3. The van der Waals surface area contributed by atoms with E-state index in [2.05, 4.69) is 10.2 Å². The first-order valence-electron chi connectivity index (χ1n) is 7.09. The fourth-order valence-electron chi connectivity index (χ4n) is 2.71. The van der Waals surface area contributed by atoms with Crippen LogP contribution in [0, 0.1) is 0 Å². The van der Waals surface area contributed by atoms with E-state index in [-0.39, 0.29) is 22.9 Å². The second-order valence-corrected chi connectivity index (χ2v) is 6.35. The predicted octanol–water partition coefficient (Wildman–Crippen LogP) is 2.08. The summed E-state index contributed by atoms with van der Waals surface area (Å²) in [4.78, 5) is 14.1. The summed E-state index contributed by atoms with van der Waals surface area (Å²) in [7, 11) is 0. The summed E-state index contributed by atoms with van der Waals surface area (Å²) >= 11 is 0.829. The van der Waals surface area contributed by atoms with Crippen LogP contribution in [0.1, 0.15) is 18.3 Å². The molecule has 6 nitrogen and oxygen atoms in total. The highest BCUT2D eigenvalue weighted by Crippen LogP contribution is 2.33. The largest absolute Gasteiger partial charge is 0.453 e. The standard InChI is InChI=1S/C14H14F3N5OS/c1-8-6-9-4-2-3-5-10(9)21(8)11(23)7-24-13-20-19-12(22(13)18)14(15,16)17/h2-5,8H,6-7,18H2,1H3/t8-/m1/s1. The predicted molar refractivity (Wildman–Crippen MR) is 83.0 cm³/mol. The van der Waals surface area contributed by atoms with Gasteiger partial charge in [-0.2, -0.15) is 13.2 Å². The third-order valence-corrected chi connectivity index (χ3v) is 4.65.